The molecule has 2 heterocycles. The van der Waals surface area contributed by atoms with Gasteiger partial charge in [-0.1, -0.05) is 0 Å². The summed E-state index contributed by atoms with van der Waals surface area (Å²) in [6, 6.07) is 0. The first-order valence-corrected chi connectivity index (χ1v) is 6.96. The normalized spacial score (nSPS) is 29.5. The Hall–Kier alpha value is -0.120. The molecule has 2 aliphatic heterocycles. The van der Waals surface area contributed by atoms with E-state index in [2.05, 4.69) is 26.1 Å². The Morgan fingerprint density at radius 1 is 1.18 bits per heavy atom. The van der Waals surface area contributed by atoms with Crippen LogP contribution < -0.4 is 5.32 Å². The van der Waals surface area contributed by atoms with Crippen LogP contribution in [0.3, 0.4) is 0 Å². The van der Waals surface area contributed by atoms with Crippen molar-refractivity contribution in [1.82, 2.24) is 5.32 Å². The van der Waals surface area contributed by atoms with Crippen LogP contribution >= 0.6 is 0 Å². The molecule has 0 saturated carbocycles. The van der Waals surface area contributed by atoms with Gasteiger partial charge in [-0.15, -0.1) is 0 Å². The van der Waals surface area contributed by atoms with Crippen molar-refractivity contribution in [1.29, 1.82) is 0 Å². The highest BCUT2D eigenvalue weighted by Gasteiger charge is 2.38. The smallest absolute Gasteiger partial charge is 0.0729 e. The lowest BCUT2D eigenvalue weighted by atomic mass is 9.80. The quantitative estimate of drug-likeness (QED) is 0.805. The molecular formula is C14H27NO2. The number of ether oxygens (including phenoxy) is 2. The van der Waals surface area contributed by atoms with Crippen LogP contribution in [0.2, 0.25) is 0 Å². The Morgan fingerprint density at radius 2 is 1.88 bits per heavy atom. The first-order valence-electron chi connectivity index (χ1n) is 6.96. The third kappa shape index (κ3) is 3.94. The zero-order chi connectivity index (χ0) is 12.4. The van der Waals surface area contributed by atoms with Gasteiger partial charge in [0.2, 0.25) is 0 Å². The largest absolute Gasteiger partial charge is 0.381 e. The highest BCUT2D eigenvalue weighted by atomic mass is 16.5. The molecule has 0 aromatic carbocycles. The molecule has 1 unspecified atom stereocenters. The molecule has 0 amide bonds. The van der Waals surface area contributed by atoms with Gasteiger partial charge in [-0.05, 0) is 58.9 Å². The van der Waals surface area contributed by atoms with Crippen LogP contribution in [0.4, 0.5) is 0 Å². The third-order valence-corrected chi connectivity index (χ3v) is 3.92. The molecule has 0 radical (unpaired) electrons. The predicted molar refractivity (Wildman–Crippen MR) is 69.2 cm³/mol. The molecule has 0 bridgehead atoms. The average molecular weight is 241 g/mol. The van der Waals surface area contributed by atoms with E-state index in [0.29, 0.717) is 0 Å². The minimum absolute atomic E-state index is 0.140. The van der Waals surface area contributed by atoms with Crippen LogP contribution in [-0.4, -0.2) is 37.5 Å². The van der Waals surface area contributed by atoms with Gasteiger partial charge in [-0.3, -0.25) is 0 Å². The first kappa shape index (κ1) is 13.3. The summed E-state index contributed by atoms with van der Waals surface area (Å²) < 4.78 is 11.5. The second kappa shape index (κ2) is 5.25. The number of hydrogen-bond acceptors (Lipinski definition) is 3. The molecule has 17 heavy (non-hydrogen) atoms. The van der Waals surface area contributed by atoms with Crippen LogP contribution in [0, 0.1) is 5.92 Å². The van der Waals surface area contributed by atoms with Crippen molar-refractivity contribution in [3.63, 3.8) is 0 Å². The fourth-order valence-electron chi connectivity index (χ4n) is 2.85. The van der Waals surface area contributed by atoms with Crippen LogP contribution in [0.15, 0.2) is 0 Å². The summed E-state index contributed by atoms with van der Waals surface area (Å²) in [6.07, 6.45) is 4.57. The number of hydrogen-bond donors (Lipinski definition) is 1. The molecule has 2 fully saturated rings. The number of nitrogens with one attached hydrogen (secondary N) is 1. The summed E-state index contributed by atoms with van der Waals surface area (Å²) in [5.41, 5.74) is 0.363. The molecule has 3 nitrogen and oxygen atoms in total. The van der Waals surface area contributed by atoms with E-state index >= 15 is 0 Å². The zero-order valence-corrected chi connectivity index (χ0v) is 11.6. The monoisotopic (exact) mass is 241 g/mol. The maximum absolute atomic E-state index is 6.06. The summed E-state index contributed by atoms with van der Waals surface area (Å²) in [6.45, 7) is 10.5. The van der Waals surface area contributed by atoms with Gasteiger partial charge >= 0.3 is 0 Å². The highest BCUT2D eigenvalue weighted by molar-refractivity contribution is 4.90. The summed E-state index contributed by atoms with van der Waals surface area (Å²) in [5.74, 6) is 0.765. The predicted octanol–water partition coefficient (Wildman–Crippen LogP) is 2.35. The molecule has 100 valence electrons. The van der Waals surface area contributed by atoms with Crippen LogP contribution in [0.1, 0.15) is 46.5 Å². The first-order chi connectivity index (χ1) is 7.99. The van der Waals surface area contributed by atoms with E-state index in [1.165, 1.54) is 12.8 Å². The Balaban J connectivity index is 1.84. The molecule has 0 aliphatic carbocycles. The van der Waals surface area contributed by atoms with Crippen LogP contribution in [0.5, 0.6) is 0 Å². The van der Waals surface area contributed by atoms with Crippen molar-refractivity contribution in [3.8, 4) is 0 Å². The lowest BCUT2D eigenvalue weighted by Crippen LogP contribution is -2.48. The second-order valence-corrected chi connectivity index (χ2v) is 6.63. The van der Waals surface area contributed by atoms with Gasteiger partial charge in [0.05, 0.1) is 5.60 Å². The molecule has 2 rings (SSSR count). The van der Waals surface area contributed by atoms with Crippen molar-refractivity contribution in [2.45, 2.75) is 57.6 Å². The Bertz CT molecular complexity index is 236. The Morgan fingerprint density at radius 3 is 2.53 bits per heavy atom. The van der Waals surface area contributed by atoms with Gasteiger partial charge in [0.25, 0.3) is 0 Å². The van der Waals surface area contributed by atoms with E-state index in [1.807, 2.05) is 0 Å². The third-order valence-electron chi connectivity index (χ3n) is 3.92. The molecule has 0 aromatic heterocycles. The highest BCUT2D eigenvalue weighted by Crippen LogP contribution is 2.36. The van der Waals surface area contributed by atoms with E-state index in [4.69, 9.17) is 9.47 Å². The SMILES string of the molecule is CC(C)(C)NCC1CCOC2(CCOCC2)C1. The summed E-state index contributed by atoms with van der Waals surface area (Å²) in [5, 5.41) is 3.63. The van der Waals surface area contributed by atoms with E-state index in [1.54, 1.807) is 0 Å². The van der Waals surface area contributed by atoms with Gasteiger partial charge in [-0.25, -0.2) is 0 Å². The van der Waals surface area contributed by atoms with Gasteiger partial charge in [0.1, 0.15) is 0 Å². The Labute approximate surface area is 105 Å². The van der Waals surface area contributed by atoms with Gasteiger partial charge in [0, 0.05) is 25.4 Å². The van der Waals surface area contributed by atoms with E-state index in [0.717, 1.165) is 45.1 Å². The molecule has 1 N–H and O–H groups in total. The minimum Gasteiger partial charge on any atom is -0.381 e. The summed E-state index contributed by atoms with van der Waals surface area (Å²) >= 11 is 0. The average Bonchev–Trinajstić information content (AvgIpc) is 2.27. The standard InChI is InChI=1S/C14H27NO2/c1-13(2,3)15-11-12-4-7-17-14(10-12)5-8-16-9-6-14/h12,15H,4-11H2,1-3H3. The molecule has 2 saturated heterocycles. The van der Waals surface area contributed by atoms with E-state index in [9.17, 15) is 0 Å². The minimum atomic E-state index is 0.140. The van der Waals surface area contributed by atoms with Crippen molar-refractivity contribution >= 4 is 0 Å². The van der Waals surface area contributed by atoms with Crippen molar-refractivity contribution in [2.24, 2.45) is 5.92 Å². The molecule has 1 atom stereocenters. The number of rotatable bonds is 2. The van der Waals surface area contributed by atoms with E-state index < -0.39 is 0 Å². The zero-order valence-electron chi connectivity index (χ0n) is 11.6. The fraction of sp³-hybridized carbons (Fsp3) is 1.00. The topological polar surface area (TPSA) is 30.5 Å². The maximum Gasteiger partial charge on any atom is 0.0729 e. The van der Waals surface area contributed by atoms with Crippen molar-refractivity contribution < 1.29 is 9.47 Å². The molecular weight excluding hydrogens is 214 g/mol. The van der Waals surface area contributed by atoms with Crippen molar-refractivity contribution in [2.75, 3.05) is 26.4 Å². The summed E-state index contributed by atoms with van der Waals surface area (Å²) in [4.78, 5) is 0. The lowest BCUT2D eigenvalue weighted by molar-refractivity contribution is -0.146. The molecule has 2 aliphatic rings. The van der Waals surface area contributed by atoms with Gasteiger partial charge in [0.15, 0.2) is 0 Å². The molecule has 1 spiro atoms. The van der Waals surface area contributed by atoms with Crippen LogP contribution in [0.25, 0.3) is 0 Å². The second-order valence-electron chi connectivity index (χ2n) is 6.63. The summed E-state index contributed by atoms with van der Waals surface area (Å²) in [7, 11) is 0. The Kier molecular flexibility index (Phi) is 4.11. The van der Waals surface area contributed by atoms with Crippen molar-refractivity contribution in [3.05, 3.63) is 0 Å². The molecule has 3 heteroatoms. The fourth-order valence-corrected chi connectivity index (χ4v) is 2.85. The molecule has 0 aromatic rings. The van der Waals surface area contributed by atoms with E-state index in [-0.39, 0.29) is 11.1 Å². The van der Waals surface area contributed by atoms with Gasteiger partial charge < -0.3 is 14.8 Å². The van der Waals surface area contributed by atoms with Gasteiger partial charge in [-0.2, -0.15) is 0 Å². The van der Waals surface area contributed by atoms with Crippen LogP contribution in [-0.2, 0) is 9.47 Å². The maximum atomic E-state index is 6.06. The lowest BCUT2D eigenvalue weighted by Gasteiger charge is -2.43.